The number of hydrogen-bond donors (Lipinski definition) is 3. The number of aromatic amines is 1. The lowest BCUT2D eigenvalue weighted by atomic mass is 10.1. The van der Waals surface area contributed by atoms with Gasteiger partial charge in [-0.2, -0.15) is 5.10 Å². The first-order valence-electron chi connectivity index (χ1n) is 7.19. The third-order valence-corrected chi connectivity index (χ3v) is 4.33. The maximum Gasteiger partial charge on any atom is 0.257 e. The summed E-state index contributed by atoms with van der Waals surface area (Å²) in [7, 11) is -3.62. The van der Waals surface area contributed by atoms with Crippen LogP contribution in [0.5, 0.6) is 0 Å². The first-order chi connectivity index (χ1) is 9.82. The zero-order chi connectivity index (χ0) is 15.9. The molecule has 0 spiro atoms. The predicted octanol–water partition coefficient (Wildman–Crippen LogP) is 1.00. The van der Waals surface area contributed by atoms with Gasteiger partial charge in [-0.05, 0) is 33.7 Å². The molecule has 1 aromatic heterocycles. The molecule has 0 atom stereocenters. The Morgan fingerprint density at radius 2 is 2.10 bits per heavy atom. The van der Waals surface area contributed by atoms with Gasteiger partial charge in [0.2, 0.25) is 0 Å². The van der Waals surface area contributed by atoms with Crippen LogP contribution in [0.25, 0.3) is 0 Å². The van der Waals surface area contributed by atoms with E-state index in [-0.39, 0.29) is 11.6 Å². The summed E-state index contributed by atoms with van der Waals surface area (Å²) in [5, 5.41) is 9.67. The summed E-state index contributed by atoms with van der Waals surface area (Å²) >= 11 is 0. The van der Waals surface area contributed by atoms with Gasteiger partial charge in [-0.1, -0.05) is 6.92 Å². The molecule has 1 rings (SSSR count). The van der Waals surface area contributed by atoms with E-state index in [0.717, 1.165) is 13.0 Å². The molecule has 0 aromatic carbocycles. The lowest BCUT2D eigenvalue weighted by Crippen LogP contribution is -2.40. The van der Waals surface area contributed by atoms with Crippen molar-refractivity contribution in [2.24, 2.45) is 0 Å². The van der Waals surface area contributed by atoms with Crippen LogP contribution in [0.2, 0.25) is 0 Å². The molecule has 0 saturated heterocycles. The van der Waals surface area contributed by atoms with Gasteiger partial charge in [-0.25, -0.2) is 13.1 Å². The van der Waals surface area contributed by atoms with Crippen molar-refractivity contribution in [2.45, 2.75) is 51.3 Å². The van der Waals surface area contributed by atoms with Crippen molar-refractivity contribution in [2.75, 3.05) is 19.7 Å². The number of sulfonamides is 1. The quantitative estimate of drug-likeness (QED) is 0.559. The van der Waals surface area contributed by atoms with Crippen molar-refractivity contribution < 1.29 is 13.2 Å². The predicted molar refractivity (Wildman–Crippen MR) is 81.5 cm³/mol. The second kappa shape index (κ2) is 7.88. The minimum atomic E-state index is -3.62. The van der Waals surface area contributed by atoms with Gasteiger partial charge in [0.05, 0.1) is 11.8 Å². The van der Waals surface area contributed by atoms with E-state index in [4.69, 9.17) is 4.74 Å². The van der Waals surface area contributed by atoms with Gasteiger partial charge in [0, 0.05) is 25.3 Å². The molecular weight excluding hydrogens is 292 g/mol. The normalized spacial score (nSPS) is 12.8. The van der Waals surface area contributed by atoms with Crippen LogP contribution in [0.3, 0.4) is 0 Å². The standard InChI is InChI=1S/C13H26N4O3S/c1-5-7-14-8-11-9-15-17-12(11)21(18,19)16-10-13(3,4)20-6-2/h9,14,16H,5-8,10H2,1-4H3,(H,15,17). The Morgan fingerprint density at radius 1 is 1.38 bits per heavy atom. The summed E-state index contributed by atoms with van der Waals surface area (Å²) in [4.78, 5) is 0. The molecule has 8 heteroatoms. The monoisotopic (exact) mass is 318 g/mol. The van der Waals surface area contributed by atoms with E-state index in [0.29, 0.717) is 18.7 Å². The van der Waals surface area contributed by atoms with Crippen LogP contribution in [0, 0.1) is 0 Å². The SMILES string of the molecule is CCCNCc1cn[nH]c1S(=O)(=O)NCC(C)(C)OCC. The summed E-state index contributed by atoms with van der Waals surface area (Å²) < 4.78 is 32.7. The Kier molecular flexibility index (Phi) is 6.79. The number of rotatable bonds is 10. The maximum atomic E-state index is 12.3. The van der Waals surface area contributed by atoms with Crippen molar-refractivity contribution in [1.82, 2.24) is 20.2 Å². The third kappa shape index (κ3) is 5.74. The molecule has 7 nitrogen and oxygen atoms in total. The lowest BCUT2D eigenvalue weighted by Gasteiger charge is -2.24. The highest BCUT2D eigenvalue weighted by Crippen LogP contribution is 2.14. The fraction of sp³-hybridized carbons (Fsp3) is 0.769. The summed E-state index contributed by atoms with van der Waals surface area (Å²) in [6.45, 7) is 9.64. The Bertz CT molecular complexity index is 525. The fourth-order valence-corrected chi connectivity index (χ4v) is 3.17. The average molecular weight is 318 g/mol. The second-order valence-electron chi connectivity index (χ2n) is 5.42. The number of ether oxygens (including phenoxy) is 1. The molecule has 0 unspecified atom stereocenters. The summed E-state index contributed by atoms with van der Waals surface area (Å²) in [5.74, 6) is 0. The van der Waals surface area contributed by atoms with Gasteiger partial charge in [0.1, 0.15) is 0 Å². The molecule has 0 amide bonds. The van der Waals surface area contributed by atoms with Gasteiger partial charge >= 0.3 is 0 Å². The van der Waals surface area contributed by atoms with E-state index in [2.05, 4.69) is 27.2 Å². The van der Waals surface area contributed by atoms with Crippen LogP contribution in [-0.2, 0) is 21.3 Å². The molecule has 0 aliphatic rings. The Hall–Kier alpha value is -0.960. The van der Waals surface area contributed by atoms with Crippen molar-refractivity contribution >= 4 is 10.0 Å². The van der Waals surface area contributed by atoms with E-state index in [1.54, 1.807) is 0 Å². The molecule has 0 radical (unpaired) electrons. The van der Waals surface area contributed by atoms with E-state index < -0.39 is 15.6 Å². The smallest absolute Gasteiger partial charge is 0.257 e. The molecule has 0 aliphatic carbocycles. The van der Waals surface area contributed by atoms with Crippen molar-refractivity contribution in [3.8, 4) is 0 Å². The van der Waals surface area contributed by atoms with Crippen LogP contribution in [0.1, 0.15) is 39.7 Å². The fourth-order valence-electron chi connectivity index (χ4n) is 1.84. The van der Waals surface area contributed by atoms with Gasteiger partial charge in [-0.3, -0.25) is 5.10 Å². The second-order valence-corrected chi connectivity index (χ2v) is 7.12. The highest BCUT2D eigenvalue weighted by Gasteiger charge is 2.25. The van der Waals surface area contributed by atoms with E-state index in [1.807, 2.05) is 20.8 Å². The number of hydrogen-bond acceptors (Lipinski definition) is 5. The zero-order valence-electron chi connectivity index (χ0n) is 13.2. The molecule has 0 fully saturated rings. The van der Waals surface area contributed by atoms with Gasteiger partial charge < -0.3 is 10.1 Å². The van der Waals surface area contributed by atoms with Crippen LogP contribution in [-0.4, -0.2) is 43.9 Å². The first-order valence-corrected chi connectivity index (χ1v) is 8.67. The number of aromatic nitrogens is 2. The van der Waals surface area contributed by atoms with Gasteiger partial charge in [0.25, 0.3) is 10.0 Å². The lowest BCUT2D eigenvalue weighted by molar-refractivity contribution is -0.00516. The molecule has 0 saturated carbocycles. The third-order valence-electron chi connectivity index (χ3n) is 2.91. The number of H-pyrrole nitrogens is 1. The van der Waals surface area contributed by atoms with Crippen LogP contribution < -0.4 is 10.0 Å². The molecule has 0 aliphatic heterocycles. The van der Waals surface area contributed by atoms with E-state index in [1.165, 1.54) is 6.20 Å². The highest BCUT2D eigenvalue weighted by atomic mass is 32.2. The first kappa shape index (κ1) is 18.1. The molecule has 0 bridgehead atoms. The van der Waals surface area contributed by atoms with Gasteiger partial charge in [-0.15, -0.1) is 0 Å². The molecule has 1 aromatic rings. The van der Waals surface area contributed by atoms with E-state index >= 15 is 0 Å². The molecule has 122 valence electrons. The maximum absolute atomic E-state index is 12.3. The van der Waals surface area contributed by atoms with Crippen LogP contribution in [0.15, 0.2) is 11.2 Å². The Balaban J connectivity index is 2.72. The average Bonchev–Trinajstić information content (AvgIpc) is 2.86. The number of nitrogens with one attached hydrogen (secondary N) is 3. The van der Waals surface area contributed by atoms with Crippen molar-refractivity contribution in [3.05, 3.63) is 11.8 Å². The van der Waals surface area contributed by atoms with Crippen LogP contribution >= 0.6 is 0 Å². The zero-order valence-corrected chi connectivity index (χ0v) is 14.0. The van der Waals surface area contributed by atoms with Crippen LogP contribution in [0.4, 0.5) is 0 Å². The minimum Gasteiger partial charge on any atom is -0.375 e. The van der Waals surface area contributed by atoms with Crippen molar-refractivity contribution in [1.29, 1.82) is 0 Å². The summed E-state index contributed by atoms with van der Waals surface area (Å²) in [6.07, 6.45) is 2.52. The Morgan fingerprint density at radius 3 is 2.71 bits per heavy atom. The summed E-state index contributed by atoms with van der Waals surface area (Å²) in [5.41, 5.74) is 0.0767. The largest absolute Gasteiger partial charge is 0.375 e. The molecule has 21 heavy (non-hydrogen) atoms. The number of nitrogens with zero attached hydrogens (tertiary/aromatic N) is 1. The minimum absolute atomic E-state index is 0.110. The highest BCUT2D eigenvalue weighted by molar-refractivity contribution is 7.89. The van der Waals surface area contributed by atoms with E-state index in [9.17, 15) is 8.42 Å². The molecule has 1 heterocycles. The molecule has 3 N–H and O–H groups in total. The Labute approximate surface area is 126 Å². The topological polar surface area (TPSA) is 96.1 Å². The van der Waals surface area contributed by atoms with Gasteiger partial charge in [0.15, 0.2) is 5.03 Å². The summed E-state index contributed by atoms with van der Waals surface area (Å²) in [6, 6.07) is 0. The van der Waals surface area contributed by atoms with Crippen molar-refractivity contribution in [3.63, 3.8) is 0 Å². The molecular formula is C13H26N4O3S.